The van der Waals surface area contributed by atoms with Gasteiger partial charge in [0.2, 0.25) is 0 Å². The molecule has 3 rings (SSSR count). The van der Waals surface area contributed by atoms with E-state index < -0.39 is 53.2 Å². The van der Waals surface area contributed by atoms with Crippen LogP contribution < -0.4 is 21.5 Å². The largest absolute Gasteiger partial charge is 0.428 e. The van der Waals surface area contributed by atoms with Crippen LogP contribution in [0.5, 0.6) is 0 Å². The maximum absolute atomic E-state index is 14.3. The minimum atomic E-state index is -5.43. The standard InChI is InChI=1S/C22H21F5N8O3/c1-29-34-20(36)21(37,22(25,26)27)11-32-18-14(24)10-31-19(33-18)15(28)8-17(16-6-7-38-35-16)30-9-12-4-2-3-5-13(12)23/h2-8,10,28-30,37H,9,11H2,1H3,(H,34,36)(H,31,32,33)/b17-8-,28-15?. The highest BCUT2D eigenvalue weighted by molar-refractivity contribution is 6.07. The monoisotopic (exact) mass is 540 g/mol. The van der Waals surface area contributed by atoms with Crippen molar-refractivity contribution in [3.05, 3.63) is 77.6 Å². The Balaban J connectivity index is 1.84. The lowest BCUT2D eigenvalue weighted by molar-refractivity contribution is -0.247. The van der Waals surface area contributed by atoms with E-state index in [1.54, 1.807) is 11.5 Å². The van der Waals surface area contributed by atoms with E-state index in [0.29, 0.717) is 11.8 Å². The molecular formula is C22H21F5N8O3. The summed E-state index contributed by atoms with van der Waals surface area (Å²) in [7, 11) is 1.11. The van der Waals surface area contributed by atoms with Gasteiger partial charge in [0.15, 0.2) is 17.5 Å². The minimum Gasteiger partial charge on any atom is -0.379 e. The fourth-order valence-corrected chi connectivity index (χ4v) is 2.97. The zero-order valence-corrected chi connectivity index (χ0v) is 19.5. The lowest BCUT2D eigenvalue weighted by Crippen LogP contribution is -2.62. The number of aromatic nitrogens is 3. The number of aliphatic hydroxyl groups is 1. The Hall–Kier alpha value is -4.44. The molecule has 0 fully saturated rings. The number of hydrazine groups is 1. The summed E-state index contributed by atoms with van der Waals surface area (Å²) in [6.45, 7) is -1.52. The number of hydrogen-bond acceptors (Lipinski definition) is 10. The summed E-state index contributed by atoms with van der Waals surface area (Å²) in [5.74, 6) is -4.77. The quantitative estimate of drug-likeness (QED) is 0.121. The molecule has 1 amide bonds. The van der Waals surface area contributed by atoms with Gasteiger partial charge in [0.05, 0.1) is 18.4 Å². The molecule has 1 atom stereocenters. The number of hydrogen-bond donors (Lipinski definition) is 6. The Morgan fingerprint density at radius 3 is 2.55 bits per heavy atom. The first-order chi connectivity index (χ1) is 18.0. The molecule has 0 aliphatic carbocycles. The third-order valence-corrected chi connectivity index (χ3v) is 5.01. The molecule has 0 aliphatic rings. The van der Waals surface area contributed by atoms with Gasteiger partial charge in [-0.2, -0.15) is 13.2 Å². The summed E-state index contributed by atoms with van der Waals surface area (Å²) < 4.78 is 73.3. The molecule has 1 unspecified atom stereocenters. The SMILES string of the molecule is CNNC(=O)C(O)(CNc1nc(C(=N)/C=C(\NCc2ccccc2F)c2ccon2)ncc1F)C(F)(F)F. The summed E-state index contributed by atoms with van der Waals surface area (Å²) in [5, 5.41) is 26.9. The van der Waals surface area contributed by atoms with Crippen molar-refractivity contribution in [2.45, 2.75) is 18.3 Å². The summed E-state index contributed by atoms with van der Waals surface area (Å²) in [6, 6.07) is 7.39. The lowest BCUT2D eigenvalue weighted by Gasteiger charge is -2.29. The second-order valence-corrected chi connectivity index (χ2v) is 7.61. The van der Waals surface area contributed by atoms with Crippen LogP contribution in [0.1, 0.15) is 17.1 Å². The number of allylic oxidation sites excluding steroid dienone is 1. The third-order valence-electron chi connectivity index (χ3n) is 5.01. The number of nitrogens with one attached hydrogen (secondary N) is 5. The van der Waals surface area contributed by atoms with Crippen molar-refractivity contribution in [1.29, 1.82) is 5.41 Å². The van der Waals surface area contributed by atoms with Crippen molar-refractivity contribution in [1.82, 2.24) is 31.3 Å². The van der Waals surface area contributed by atoms with Gasteiger partial charge in [-0.05, 0) is 12.1 Å². The van der Waals surface area contributed by atoms with E-state index in [4.69, 9.17) is 9.93 Å². The highest BCUT2D eigenvalue weighted by Crippen LogP contribution is 2.31. The number of amides is 1. The average Bonchev–Trinajstić information content (AvgIpc) is 3.41. The first kappa shape index (κ1) is 28.1. The van der Waals surface area contributed by atoms with Crippen molar-refractivity contribution >= 4 is 23.1 Å². The van der Waals surface area contributed by atoms with Gasteiger partial charge in [-0.15, -0.1) is 0 Å². The van der Waals surface area contributed by atoms with Crippen molar-refractivity contribution in [2.75, 3.05) is 18.9 Å². The van der Waals surface area contributed by atoms with Crippen LogP contribution in [0.2, 0.25) is 0 Å². The topological polar surface area (TPSA) is 161 Å². The van der Waals surface area contributed by atoms with Crippen LogP contribution in [0.3, 0.4) is 0 Å². The predicted octanol–water partition coefficient (Wildman–Crippen LogP) is 1.90. The van der Waals surface area contributed by atoms with Crippen LogP contribution >= 0.6 is 0 Å². The molecule has 1 aromatic carbocycles. The van der Waals surface area contributed by atoms with Gasteiger partial charge in [0.1, 0.15) is 23.5 Å². The second kappa shape index (κ2) is 11.7. The molecule has 0 spiro atoms. The van der Waals surface area contributed by atoms with Crippen molar-refractivity contribution in [2.24, 2.45) is 0 Å². The van der Waals surface area contributed by atoms with Crippen LogP contribution in [0.15, 0.2) is 53.4 Å². The number of anilines is 1. The molecule has 0 aliphatic heterocycles. The van der Waals surface area contributed by atoms with E-state index in [1.807, 2.05) is 10.7 Å². The van der Waals surface area contributed by atoms with Gasteiger partial charge < -0.3 is 20.3 Å². The van der Waals surface area contributed by atoms with Crippen LogP contribution in [0, 0.1) is 17.0 Å². The first-order valence-electron chi connectivity index (χ1n) is 10.7. The number of rotatable bonds is 11. The van der Waals surface area contributed by atoms with Crippen LogP contribution in [-0.2, 0) is 11.3 Å². The number of halogens is 5. The highest BCUT2D eigenvalue weighted by Gasteiger charge is 2.59. The minimum absolute atomic E-state index is 0.0135. The average molecular weight is 540 g/mol. The highest BCUT2D eigenvalue weighted by atomic mass is 19.4. The van der Waals surface area contributed by atoms with Gasteiger partial charge in [-0.1, -0.05) is 23.4 Å². The Bertz CT molecular complexity index is 1320. The van der Waals surface area contributed by atoms with Crippen LogP contribution in [-0.4, -0.2) is 57.2 Å². The zero-order valence-electron chi connectivity index (χ0n) is 19.5. The first-order valence-corrected chi connectivity index (χ1v) is 10.7. The predicted molar refractivity (Wildman–Crippen MR) is 123 cm³/mol. The van der Waals surface area contributed by atoms with Gasteiger partial charge in [-0.3, -0.25) is 15.6 Å². The number of carbonyl (C=O) groups is 1. The number of carbonyl (C=O) groups excluding carboxylic acids is 1. The number of nitrogens with zero attached hydrogens (tertiary/aromatic N) is 3. The normalized spacial score (nSPS) is 13.5. The van der Waals surface area contributed by atoms with Crippen LogP contribution in [0.25, 0.3) is 5.70 Å². The molecule has 38 heavy (non-hydrogen) atoms. The Morgan fingerprint density at radius 1 is 1.18 bits per heavy atom. The van der Waals surface area contributed by atoms with Gasteiger partial charge in [0.25, 0.3) is 11.5 Å². The fraction of sp³-hybridized carbons (Fsp3) is 0.227. The molecule has 16 heteroatoms. The van der Waals surface area contributed by atoms with Gasteiger partial charge in [-0.25, -0.2) is 24.2 Å². The third kappa shape index (κ3) is 6.46. The summed E-state index contributed by atoms with van der Waals surface area (Å²) >= 11 is 0. The molecule has 0 saturated heterocycles. The van der Waals surface area contributed by atoms with Crippen LogP contribution in [0.4, 0.5) is 27.8 Å². The summed E-state index contributed by atoms with van der Waals surface area (Å²) in [4.78, 5) is 19.2. The van der Waals surface area contributed by atoms with E-state index in [0.717, 1.165) is 7.05 Å². The molecule has 0 saturated carbocycles. The maximum atomic E-state index is 14.3. The van der Waals surface area contributed by atoms with Crippen molar-refractivity contribution in [3.63, 3.8) is 0 Å². The van der Waals surface area contributed by atoms with Crippen molar-refractivity contribution in [3.8, 4) is 0 Å². The molecule has 2 aromatic heterocycles. The van der Waals surface area contributed by atoms with E-state index >= 15 is 0 Å². The van der Waals surface area contributed by atoms with E-state index in [1.165, 1.54) is 36.6 Å². The summed E-state index contributed by atoms with van der Waals surface area (Å²) in [5.41, 5.74) is -0.0955. The van der Waals surface area contributed by atoms with Gasteiger partial charge in [0, 0.05) is 25.2 Å². The Morgan fingerprint density at radius 2 is 1.92 bits per heavy atom. The molecule has 0 radical (unpaired) electrons. The van der Waals surface area contributed by atoms with E-state index in [-0.39, 0.29) is 17.9 Å². The van der Waals surface area contributed by atoms with Crippen molar-refractivity contribution < 1.29 is 36.4 Å². The molecule has 0 bridgehead atoms. The smallest absolute Gasteiger partial charge is 0.379 e. The summed E-state index contributed by atoms with van der Waals surface area (Å²) in [6.07, 6.45) is -2.42. The molecular weight excluding hydrogens is 519 g/mol. The van der Waals surface area contributed by atoms with E-state index in [2.05, 4.69) is 20.4 Å². The zero-order chi connectivity index (χ0) is 27.9. The molecule has 2 heterocycles. The molecule has 3 aromatic rings. The van der Waals surface area contributed by atoms with E-state index in [9.17, 15) is 31.9 Å². The molecule has 6 N–H and O–H groups in total. The lowest BCUT2D eigenvalue weighted by atomic mass is 10.0. The maximum Gasteiger partial charge on any atom is 0.428 e. The number of benzene rings is 1. The Kier molecular flexibility index (Phi) is 8.69. The molecule has 11 nitrogen and oxygen atoms in total. The fourth-order valence-electron chi connectivity index (χ4n) is 2.97. The molecule has 202 valence electrons. The number of alkyl halides is 3. The second-order valence-electron chi connectivity index (χ2n) is 7.61. The Labute approximate surface area is 211 Å². The van der Waals surface area contributed by atoms with Gasteiger partial charge >= 0.3 is 6.18 Å².